The first-order chi connectivity index (χ1) is 5.09. The van der Waals surface area contributed by atoms with E-state index < -0.39 is 5.97 Å². The standard InChI is InChI=1S/C8H8O3/c1-5-3-8(10)11-7(5)4-6(2)9/h3-4H,1-2H3. The molecular formula is C8H8O3. The van der Waals surface area contributed by atoms with Gasteiger partial charge in [-0.3, -0.25) is 4.79 Å². The Morgan fingerprint density at radius 1 is 1.64 bits per heavy atom. The molecule has 1 aliphatic heterocycles. The van der Waals surface area contributed by atoms with E-state index in [4.69, 9.17) is 4.74 Å². The number of rotatable bonds is 1. The summed E-state index contributed by atoms with van der Waals surface area (Å²) in [7, 11) is 0. The van der Waals surface area contributed by atoms with Crippen LogP contribution in [0.3, 0.4) is 0 Å². The van der Waals surface area contributed by atoms with E-state index in [0.717, 1.165) is 0 Å². The molecule has 0 N–H and O–H groups in total. The van der Waals surface area contributed by atoms with E-state index in [-0.39, 0.29) is 5.78 Å². The molecule has 0 bridgehead atoms. The van der Waals surface area contributed by atoms with E-state index in [9.17, 15) is 9.59 Å². The van der Waals surface area contributed by atoms with E-state index in [1.165, 1.54) is 19.1 Å². The van der Waals surface area contributed by atoms with Crippen molar-refractivity contribution in [1.82, 2.24) is 0 Å². The molecule has 0 aromatic heterocycles. The zero-order valence-electron chi connectivity index (χ0n) is 6.38. The Bertz CT molecular complexity index is 271. The molecule has 0 aliphatic carbocycles. The molecule has 0 saturated heterocycles. The average molecular weight is 152 g/mol. The molecule has 3 heteroatoms. The second-order valence-electron chi connectivity index (χ2n) is 2.37. The van der Waals surface area contributed by atoms with Crippen molar-refractivity contribution in [3.05, 3.63) is 23.5 Å². The van der Waals surface area contributed by atoms with Crippen LogP contribution in [0.25, 0.3) is 0 Å². The van der Waals surface area contributed by atoms with Gasteiger partial charge in [-0.2, -0.15) is 0 Å². The van der Waals surface area contributed by atoms with E-state index >= 15 is 0 Å². The van der Waals surface area contributed by atoms with Gasteiger partial charge in [-0.05, 0) is 19.4 Å². The van der Waals surface area contributed by atoms with Crippen LogP contribution in [0, 0.1) is 0 Å². The van der Waals surface area contributed by atoms with Gasteiger partial charge in [-0.25, -0.2) is 4.79 Å². The van der Waals surface area contributed by atoms with Crippen LogP contribution in [0.1, 0.15) is 13.8 Å². The van der Waals surface area contributed by atoms with Crippen molar-refractivity contribution >= 4 is 11.8 Å². The SMILES string of the molecule is CC(=O)C=C1OC(=O)C=C1C. The second kappa shape index (κ2) is 2.70. The monoisotopic (exact) mass is 152 g/mol. The predicted molar refractivity (Wildman–Crippen MR) is 38.6 cm³/mol. The summed E-state index contributed by atoms with van der Waals surface area (Å²) in [5.41, 5.74) is 0.699. The van der Waals surface area contributed by atoms with Gasteiger partial charge in [0.1, 0.15) is 5.76 Å². The molecule has 1 aliphatic rings. The number of allylic oxidation sites excluding steroid dienone is 2. The molecule has 0 aromatic carbocycles. The number of ketones is 1. The summed E-state index contributed by atoms with van der Waals surface area (Å²) >= 11 is 0. The molecule has 3 nitrogen and oxygen atoms in total. The van der Waals surface area contributed by atoms with Crippen molar-refractivity contribution < 1.29 is 14.3 Å². The summed E-state index contributed by atoms with van der Waals surface area (Å²) in [6.45, 7) is 3.13. The van der Waals surface area contributed by atoms with E-state index in [0.29, 0.717) is 11.3 Å². The molecule has 1 heterocycles. The molecule has 11 heavy (non-hydrogen) atoms. The minimum Gasteiger partial charge on any atom is -0.423 e. The van der Waals surface area contributed by atoms with Crippen molar-refractivity contribution in [2.75, 3.05) is 0 Å². The highest BCUT2D eigenvalue weighted by Gasteiger charge is 2.15. The summed E-state index contributed by atoms with van der Waals surface area (Å²) < 4.78 is 4.69. The topological polar surface area (TPSA) is 43.4 Å². The first kappa shape index (κ1) is 7.72. The Hall–Kier alpha value is -1.38. The van der Waals surface area contributed by atoms with Gasteiger partial charge in [0.2, 0.25) is 0 Å². The van der Waals surface area contributed by atoms with Crippen molar-refractivity contribution in [2.45, 2.75) is 13.8 Å². The lowest BCUT2D eigenvalue weighted by atomic mass is 10.2. The average Bonchev–Trinajstić information content (AvgIpc) is 2.09. The smallest absolute Gasteiger partial charge is 0.336 e. The molecule has 0 fully saturated rings. The molecule has 0 unspecified atom stereocenters. The molecule has 0 radical (unpaired) electrons. The molecule has 0 amide bonds. The van der Waals surface area contributed by atoms with Crippen LogP contribution in [0.4, 0.5) is 0 Å². The van der Waals surface area contributed by atoms with Crippen molar-refractivity contribution in [3.63, 3.8) is 0 Å². The zero-order chi connectivity index (χ0) is 8.43. The Morgan fingerprint density at radius 3 is 2.64 bits per heavy atom. The number of esters is 1. The Labute approximate surface area is 64.3 Å². The van der Waals surface area contributed by atoms with Crippen LogP contribution >= 0.6 is 0 Å². The van der Waals surface area contributed by atoms with Crippen molar-refractivity contribution in [2.24, 2.45) is 0 Å². The molecule has 1 rings (SSSR count). The Balaban J connectivity index is 2.87. The first-order valence-electron chi connectivity index (χ1n) is 3.22. The third-order valence-corrected chi connectivity index (χ3v) is 1.27. The summed E-state index contributed by atoms with van der Waals surface area (Å²) in [5.74, 6) is -0.167. The highest BCUT2D eigenvalue weighted by molar-refractivity contribution is 5.93. The van der Waals surface area contributed by atoms with E-state index in [2.05, 4.69) is 0 Å². The molecule has 0 atom stereocenters. The minimum absolute atomic E-state index is 0.123. The van der Waals surface area contributed by atoms with E-state index in [1.54, 1.807) is 6.92 Å². The number of hydrogen-bond acceptors (Lipinski definition) is 3. The number of carbonyl (C=O) groups is 2. The highest BCUT2D eigenvalue weighted by Crippen LogP contribution is 2.18. The Kier molecular flexibility index (Phi) is 1.89. The van der Waals surface area contributed by atoms with Crippen LogP contribution in [0.5, 0.6) is 0 Å². The molecule has 58 valence electrons. The maximum Gasteiger partial charge on any atom is 0.336 e. The summed E-state index contributed by atoms with van der Waals surface area (Å²) in [5, 5.41) is 0. The van der Waals surface area contributed by atoms with Gasteiger partial charge in [0.15, 0.2) is 5.78 Å². The maximum atomic E-state index is 10.6. The lowest BCUT2D eigenvalue weighted by Crippen LogP contribution is -1.93. The number of ether oxygens (including phenoxy) is 1. The van der Waals surface area contributed by atoms with Crippen LogP contribution in [-0.2, 0) is 14.3 Å². The number of cyclic esters (lactones) is 1. The Morgan fingerprint density at radius 2 is 2.27 bits per heavy atom. The molecule has 0 spiro atoms. The zero-order valence-corrected chi connectivity index (χ0v) is 6.38. The van der Waals surface area contributed by atoms with Gasteiger partial charge < -0.3 is 4.74 Å². The molecule has 0 aromatic rings. The summed E-state index contributed by atoms with van der Waals surface area (Å²) in [6, 6.07) is 0. The van der Waals surface area contributed by atoms with E-state index in [1.807, 2.05) is 0 Å². The van der Waals surface area contributed by atoms with Crippen molar-refractivity contribution in [3.8, 4) is 0 Å². The molecular weight excluding hydrogens is 144 g/mol. The van der Waals surface area contributed by atoms with Crippen LogP contribution in [0.2, 0.25) is 0 Å². The third-order valence-electron chi connectivity index (χ3n) is 1.27. The third kappa shape index (κ3) is 1.77. The first-order valence-corrected chi connectivity index (χ1v) is 3.22. The number of hydrogen-bond donors (Lipinski definition) is 0. The summed E-state index contributed by atoms with van der Waals surface area (Å²) in [4.78, 5) is 21.2. The number of carbonyl (C=O) groups excluding carboxylic acids is 2. The lowest BCUT2D eigenvalue weighted by Gasteiger charge is -1.95. The van der Waals surface area contributed by atoms with Gasteiger partial charge in [0.05, 0.1) is 0 Å². The van der Waals surface area contributed by atoms with Crippen molar-refractivity contribution in [1.29, 1.82) is 0 Å². The van der Waals surface area contributed by atoms with Crippen LogP contribution in [-0.4, -0.2) is 11.8 Å². The van der Waals surface area contributed by atoms with Gasteiger partial charge in [-0.1, -0.05) is 0 Å². The fourth-order valence-electron chi connectivity index (χ4n) is 0.794. The lowest BCUT2D eigenvalue weighted by molar-refractivity contribution is -0.132. The summed E-state index contributed by atoms with van der Waals surface area (Å²) in [6.07, 6.45) is 2.66. The fraction of sp³-hybridized carbons (Fsp3) is 0.250. The second-order valence-corrected chi connectivity index (χ2v) is 2.37. The van der Waals surface area contributed by atoms with Gasteiger partial charge in [0, 0.05) is 12.2 Å². The van der Waals surface area contributed by atoms with Gasteiger partial charge in [0.25, 0.3) is 0 Å². The minimum atomic E-state index is -0.407. The largest absolute Gasteiger partial charge is 0.423 e. The quantitative estimate of drug-likeness (QED) is 0.415. The maximum absolute atomic E-state index is 10.6. The predicted octanol–water partition coefficient (Wildman–Crippen LogP) is 0.962. The van der Waals surface area contributed by atoms with Gasteiger partial charge >= 0.3 is 5.97 Å². The fourth-order valence-corrected chi connectivity index (χ4v) is 0.794. The molecule has 0 saturated carbocycles. The highest BCUT2D eigenvalue weighted by atomic mass is 16.5. The van der Waals surface area contributed by atoms with Crippen LogP contribution < -0.4 is 0 Å². The van der Waals surface area contributed by atoms with Gasteiger partial charge in [-0.15, -0.1) is 0 Å². The normalized spacial score (nSPS) is 20.0. The van der Waals surface area contributed by atoms with Crippen LogP contribution in [0.15, 0.2) is 23.5 Å².